The van der Waals surface area contributed by atoms with E-state index in [-0.39, 0.29) is 18.2 Å². The summed E-state index contributed by atoms with van der Waals surface area (Å²) in [5.41, 5.74) is 5.42. The molecule has 1 fully saturated rings. The van der Waals surface area contributed by atoms with Crippen molar-refractivity contribution in [3.8, 4) is 0 Å². The van der Waals surface area contributed by atoms with Crippen LogP contribution in [0.1, 0.15) is 55.7 Å². The first-order valence-corrected chi connectivity index (χ1v) is 7.64. The summed E-state index contributed by atoms with van der Waals surface area (Å²) in [7, 11) is 0. The van der Waals surface area contributed by atoms with Gasteiger partial charge in [0.05, 0.1) is 5.56 Å². The molecule has 0 saturated heterocycles. The van der Waals surface area contributed by atoms with Crippen LogP contribution in [0.25, 0.3) is 0 Å². The molecule has 0 amide bonds. The van der Waals surface area contributed by atoms with E-state index in [1.54, 1.807) is 6.07 Å². The average Bonchev–Trinajstić information content (AvgIpc) is 2.72. The first kappa shape index (κ1) is 16.3. The Morgan fingerprint density at radius 2 is 1.71 bits per heavy atom. The summed E-state index contributed by atoms with van der Waals surface area (Å²) in [6, 6.07) is 5.55. The first-order chi connectivity index (χ1) is 10.0. The number of hydrogen-bond donors (Lipinski definition) is 2. The van der Waals surface area contributed by atoms with Gasteiger partial charge >= 0.3 is 6.18 Å². The van der Waals surface area contributed by atoms with Crippen LogP contribution in [0.4, 0.5) is 13.2 Å². The van der Waals surface area contributed by atoms with Gasteiger partial charge in [0.2, 0.25) is 0 Å². The van der Waals surface area contributed by atoms with Gasteiger partial charge in [0, 0.05) is 18.6 Å². The number of nitrogens with two attached hydrogens (primary N) is 1. The van der Waals surface area contributed by atoms with Crippen molar-refractivity contribution in [3.05, 3.63) is 35.4 Å². The Morgan fingerprint density at radius 1 is 1.10 bits per heavy atom. The molecule has 2 nitrogen and oxygen atoms in total. The zero-order chi connectivity index (χ0) is 15.3. The molecule has 0 aliphatic heterocycles. The van der Waals surface area contributed by atoms with Crippen molar-refractivity contribution in [1.82, 2.24) is 5.32 Å². The van der Waals surface area contributed by atoms with E-state index in [0.717, 1.165) is 31.7 Å². The third kappa shape index (κ3) is 4.45. The minimum atomic E-state index is -4.34. The van der Waals surface area contributed by atoms with Crippen LogP contribution in [0.3, 0.4) is 0 Å². The normalized spacial score (nSPS) is 19.2. The fourth-order valence-electron chi connectivity index (χ4n) is 3.07. The number of nitrogens with one attached hydrogen (secondary N) is 1. The molecule has 1 saturated carbocycles. The van der Waals surface area contributed by atoms with Crippen molar-refractivity contribution in [2.24, 2.45) is 5.73 Å². The van der Waals surface area contributed by atoms with Gasteiger partial charge in [0.15, 0.2) is 0 Å². The third-order valence-corrected chi connectivity index (χ3v) is 4.17. The lowest BCUT2D eigenvalue weighted by molar-refractivity contribution is -0.138. The van der Waals surface area contributed by atoms with E-state index in [2.05, 4.69) is 5.32 Å². The van der Waals surface area contributed by atoms with Gasteiger partial charge in [-0.15, -0.1) is 0 Å². The van der Waals surface area contributed by atoms with Crippen LogP contribution in [0.2, 0.25) is 0 Å². The maximum absolute atomic E-state index is 13.1. The fraction of sp³-hybridized carbons (Fsp3) is 0.625. The first-order valence-electron chi connectivity index (χ1n) is 7.64. The summed E-state index contributed by atoms with van der Waals surface area (Å²) in [6.07, 6.45) is 2.39. The van der Waals surface area contributed by atoms with Gasteiger partial charge in [-0.3, -0.25) is 0 Å². The molecular formula is C16H23F3N2. The molecule has 1 unspecified atom stereocenters. The number of hydrogen-bond acceptors (Lipinski definition) is 2. The number of alkyl halides is 3. The molecule has 1 aromatic carbocycles. The molecule has 0 bridgehead atoms. The molecule has 118 valence electrons. The lowest BCUT2D eigenvalue weighted by atomic mass is 9.98. The largest absolute Gasteiger partial charge is 0.416 e. The molecule has 2 rings (SSSR count). The Labute approximate surface area is 123 Å². The van der Waals surface area contributed by atoms with E-state index in [1.165, 1.54) is 25.0 Å². The van der Waals surface area contributed by atoms with Crippen molar-refractivity contribution in [2.45, 2.75) is 56.8 Å². The van der Waals surface area contributed by atoms with E-state index in [9.17, 15) is 13.2 Å². The van der Waals surface area contributed by atoms with Crippen molar-refractivity contribution >= 4 is 0 Å². The molecular weight excluding hydrogens is 277 g/mol. The highest BCUT2D eigenvalue weighted by Crippen LogP contribution is 2.34. The predicted octanol–water partition coefficient (Wildman–Crippen LogP) is 4.02. The summed E-state index contributed by atoms with van der Waals surface area (Å²) >= 11 is 0. The van der Waals surface area contributed by atoms with Crippen LogP contribution in [0, 0.1) is 0 Å². The Hall–Kier alpha value is -1.07. The molecule has 1 atom stereocenters. The summed E-state index contributed by atoms with van der Waals surface area (Å²) in [5.74, 6) is 0. The molecule has 1 aromatic rings. The van der Waals surface area contributed by atoms with Crippen LogP contribution >= 0.6 is 0 Å². The third-order valence-electron chi connectivity index (χ3n) is 4.17. The zero-order valence-corrected chi connectivity index (χ0v) is 12.1. The van der Waals surface area contributed by atoms with E-state index >= 15 is 0 Å². The van der Waals surface area contributed by atoms with Gasteiger partial charge in [0.1, 0.15) is 0 Å². The molecule has 0 heterocycles. The highest BCUT2D eigenvalue weighted by Gasteiger charge is 2.35. The summed E-state index contributed by atoms with van der Waals surface area (Å²) < 4.78 is 39.4. The second kappa shape index (κ2) is 7.27. The van der Waals surface area contributed by atoms with Gasteiger partial charge in [-0.2, -0.15) is 13.2 Å². The van der Waals surface area contributed by atoms with Crippen LogP contribution in [0.5, 0.6) is 0 Å². The lowest BCUT2D eigenvalue weighted by Gasteiger charge is -2.26. The lowest BCUT2D eigenvalue weighted by Crippen LogP contribution is -2.37. The van der Waals surface area contributed by atoms with Crippen molar-refractivity contribution < 1.29 is 13.2 Å². The topological polar surface area (TPSA) is 38.0 Å². The zero-order valence-electron chi connectivity index (χ0n) is 12.1. The Balaban J connectivity index is 2.17. The molecule has 3 N–H and O–H groups in total. The standard InChI is InChI=1S/C16H23F3N2/c17-16(18,19)14-10-6-5-9-13(14)15(11-20)21-12-7-3-1-2-4-8-12/h5-6,9-10,12,15,21H,1-4,7-8,11,20H2. The minimum Gasteiger partial charge on any atom is -0.329 e. The van der Waals surface area contributed by atoms with Crippen LogP contribution in [-0.4, -0.2) is 12.6 Å². The van der Waals surface area contributed by atoms with Gasteiger partial charge in [0.25, 0.3) is 0 Å². The maximum atomic E-state index is 13.1. The summed E-state index contributed by atoms with van der Waals surface area (Å²) in [4.78, 5) is 0. The smallest absolute Gasteiger partial charge is 0.329 e. The van der Waals surface area contributed by atoms with Gasteiger partial charge in [-0.1, -0.05) is 43.9 Å². The highest BCUT2D eigenvalue weighted by atomic mass is 19.4. The van der Waals surface area contributed by atoms with Gasteiger partial charge < -0.3 is 11.1 Å². The molecule has 1 aliphatic carbocycles. The second-order valence-electron chi connectivity index (χ2n) is 5.73. The van der Waals surface area contributed by atoms with E-state index in [1.807, 2.05) is 0 Å². The summed E-state index contributed by atoms with van der Waals surface area (Å²) in [6.45, 7) is 0.170. The van der Waals surface area contributed by atoms with Crippen molar-refractivity contribution in [3.63, 3.8) is 0 Å². The second-order valence-corrected chi connectivity index (χ2v) is 5.73. The van der Waals surface area contributed by atoms with Crippen LogP contribution in [-0.2, 0) is 6.18 Å². The molecule has 1 aliphatic rings. The number of rotatable bonds is 4. The van der Waals surface area contributed by atoms with Crippen LogP contribution in [0.15, 0.2) is 24.3 Å². The quantitative estimate of drug-likeness (QED) is 0.824. The molecule has 21 heavy (non-hydrogen) atoms. The van der Waals surface area contributed by atoms with Crippen molar-refractivity contribution in [1.29, 1.82) is 0 Å². The highest BCUT2D eigenvalue weighted by molar-refractivity contribution is 5.32. The minimum absolute atomic E-state index is 0.170. The maximum Gasteiger partial charge on any atom is 0.416 e. The monoisotopic (exact) mass is 300 g/mol. The Morgan fingerprint density at radius 3 is 2.29 bits per heavy atom. The van der Waals surface area contributed by atoms with E-state index < -0.39 is 17.8 Å². The molecule has 5 heteroatoms. The van der Waals surface area contributed by atoms with Crippen molar-refractivity contribution in [2.75, 3.05) is 6.54 Å². The molecule has 0 spiro atoms. The molecule has 0 aromatic heterocycles. The predicted molar refractivity (Wildman–Crippen MR) is 77.9 cm³/mol. The number of halogens is 3. The van der Waals surface area contributed by atoms with Crippen LogP contribution < -0.4 is 11.1 Å². The molecule has 0 radical (unpaired) electrons. The summed E-state index contributed by atoms with van der Waals surface area (Å²) in [5, 5.41) is 3.35. The van der Waals surface area contributed by atoms with Gasteiger partial charge in [-0.25, -0.2) is 0 Å². The van der Waals surface area contributed by atoms with Gasteiger partial charge in [-0.05, 0) is 24.5 Å². The SMILES string of the molecule is NCC(NC1CCCCCC1)c1ccccc1C(F)(F)F. The number of benzene rings is 1. The fourth-order valence-corrected chi connectivity index (χ4v) is 3.07. The Kier molecular flexibility index (Phi) is 5.65. The average molecular weight is 300 g/mol. The Bertz CT molecular complexity index is 437. The van der Waals surface area contributed by atoms with E-state index in [4.69, 9.17) is 5.73 Å². The van der Waals surface area contributed by atoms with E-state index in [0.29, 0.717) is 0 Å².